The molecule has 14 heavy (non-hydrogen) atoms. The Morgan fingerprint density at radius 2 is 1.57 bits per heavy atom. The van der Waals surface area contributed by atoms with Gasteiger partial charge < -0.3 is 0 Å². The Labute approximate surface area is 91.9 Å². The van der Waals surface area contributed by atoms with Gasteiger partial charge in [0.2, 0.25) is 10.0 Å². The summed E-state index contributed by atoms with van der Waals surface area (Å²) >= 11 is 1.74. The van der Waals surface area contributed by atoms with Crippen molar-refractivity contribution in [1.82, 2.24) is 0 Å². The normalized spacial score (nSPS) is 13.1. The summed E-state index contributed by atoms with van der Waals surface area (Å²) in [5.41, 5.74) is 0. The highest BCUT2D eigenvalue weighted by Crippen LogP contribution is 2.35. The van der Waals surface area contributed by atoms with Crippen LogP contribution in [-0.4, -0.2) is 24.7 Å². The van der Waals surface area contributed by atoms with E-state index in [2.05, 4.69) is 20.8 Å². The van der Waals surface area contributed by atoms with Crippen LogP contribution in [0.4, 0.5) is 0 Å². The van der Waals surface area contributed by atoms with Crippen LogP contribution in [0, 0.1) is 0 Å². The van der Waals surface area contributed by atoms with Crippen molar-refractivity contribution >= 4 is 21.8 Å². The van der Waals surface area contributed by atoms with Crippen molar-refractivity contribution in [1.29, 1.82) is 0 Å². The van der Waals surface area contributed by atoms with Gasteiger partial charge in [-0.2, -0.15) is 11.8 Å². The number of primary sulfonamides is 1. The first kappa shape index (κ1) is 14.3. The van der Waals surface area contributed by atoms with Crippen molar-refractivity contribution < 1.29 is 8.42 Å². The van der Waals surface area contributed by atoms with Crippen LogP contribution >= 0.6 is 11.8 Å². The van der Waals surface area contributed by atoms with Gasteiger partial charge >= 0.3 is 0 Å². The standard InChI is InChI=1S/C9H21NO2S2/c1-4-9(5-2,6-3)13-7-8-14(10,11)12/h4-8H2,1-3H3,(H2,10,11,12). The molecule has 0 spiro atoms. The molecular weight excluding hydrogens is 218 g/mol. The molecule has 0 aliphatic heterocycles. The van der Waals surface area contributed by atoms with E-state index < -0.39 is 10.0 Å². The van der Waals surface area contributed by atoms with Gasteiger partial charge in [-0.1, -0.05) is 20.8 Å². The maximum Gasteiger partial charge on any atom is 0.209 e. The molecule has 0 amide bonds. The lowest BCUT2D eigenvalue weighted by Gasteiger charge is -2.29. The quantitative estimate of drug-likeness (QED) is 0.739. The second kappa shape index (κ2) is 5.98. The third kappa shape index (κ3) is 5.22. The zero-order chi connectivity index (χ0) is 11.2. The van der Waals surface area contributed by atoms with E-state index in [4.69, 9.17) is 5.14 Å². The molecular formula is C9H21NO2S2. The van der Waals surface area contributed by atoms with Crippen LogP contribution in [0.5, 0.6) is 0 Å². The van der Waals surface area contributed by atoms with E-state index in [0.717, 1.165) is 19.3 Å². The number of rotatable bonds is 7. The van der Waals surface area contributed by atoms with Crippen LogP contribution in [0.1, 0.15) is 40.0 Å². The molecule has 0 aromatic heterocycles. The Bertz CT molecular complexity index is 237. The summed E-state index contributed by atoms with van der Waals surface area (Å²) in [6.07, 6.45) is 3.24. The van der Waals surface area contributed by atoms with E-state index in [1.54, 1.807) is 11.8 Å². The molecule has 0 aromatic rings. The molecule has 0 saturated heterocycles. The Hall–Kier alpha value is 0.260. The first-order chi connectivity index (χ1) is 6.39. The van der Waals surface area contributed by atoms with Crippen molar-refractivity contribution in [3.63, 3.8) is 0 Å². The summed E-state index contributed by atoms with van der Waals surface area (Å²) in [5, 5.41) is 4.95. The van der Waals surface area contributed by atoms with E-state index in [9.17, 15) is 8.42 Å². The molecule has 86 valence electrons. The first-order valence-electron chi connectivity index (χ1n) is 5.03. The number of thioether (sulfide) groups is 1. The van der Waals surface area contributed by atoms with Crippen molar-refractivity contribution in [2.24, 2.45) is 5.14 Å². The minimum atomic E-state index is -3.29. The monoisotopic (exact) mass is 239 g/mol. The van der Waals surface area contributed by atoms with Crippen molar-refractivity contribution in [3.05, 3.63) is 0 Å². The molecule has 2 N–H and O–H groups in total. The van der Waals surface area contributed by atoms with E-state index in [-0.39, 0.29) is 10.5 Å². The maximum absolute atomic E-state index is 10.7. The summed E-state index contributed by atoms with van der Waals surface area (Å²) < 4.78 is 21.7. The second-order valence-electron chi connectivity index (χ2n) is 3.46. The highest BCUT2D eigenvalue weighted by molar-refractivity contribution is 8.01. The lowest BCUT2D eigenvalue weighted by atomic mass is 9.99. The van der Waals surface area contributed by atoms with Gasteiger partial charge in [0.25, 0.3) is 0 Å². The summed E-state index contributed by atoms with van der Waals surface area (Å²) in [7, 11) is -3.29. The molecule has 0 radical (unpaired) electrons. The molecule has 0 fully saturated rings. The highest BCUT2D eigenvalue weighted by Gasteiger charge is 2.24. The van der Waals surface area contributed by atoms with Crippen molar-refractivity contribution in [3.8, 4) is 0 Å². The molecule has 0 aliphatic rings. The number of hydrogen-bond donors (Lipinski definition) is 1. The average Bonchev–Trinajstić information content (AvgIpc) is 2.11. The molecule has 0 aliphatic carbocycles. The minimum Gasteiger partial charge on any atom is -0.229 e. The number of sulfonamides is 1. The molecule has 5 heteroatoms. The van der Waals surface area contributed by atoms with Crippen molar-refractivity contribution in [2.75, 3.05) is 11.5 Å². The summed E-state index contributed by atoms with van der Waals surface area (Å²) in [4.78, 5) is 0. The van der Waals surface area contributed by atoms with Crippen LogP contribution in [0.25, 0.3) is 0 Å². The third-order valence-electron chi connectivity index (χ3n) is 2.71. The van der Waals surface area contributed by atoms with E-state index in [1.165, 1.54) is 0 Å². The first-order valence-corrected chi connectivity index (χ1v) is 7.73. The Morgan fingerprint density at radius 1 is 1.14 bits per heavy atom. The fourth-order valence-electron chi connectivity index (χ4n) is 1.43. The average molecular weight is 239 g/mol. The minimum absolute atomic E-state index is 0.0828. The molecule has 0 unspecified atom stereocenters. The van der Waals surface area contributed by atoms with Gasteiger partial charge in [-0.25, -0.2) is 13.6 Å². The smallest absolute Gasteiger partial charge is 0.209 e. The second-order valence-corrected chi connectivity index (χ2v) is 6.76. The van der Waals surface area contributed by atoms with Crippen LogP contribution in [0.2, 0.25) is 0 Å². The van der Waals surface area contributed by atoms with Gasteiger partial charge in [0, 0.05) is 10.5 Å². The topological polar surface area (TPSA) is 60.2 Å². The summed E-state index contributed by atoms with van der Waals surface area (Å²) in [5.74, 6) is 0.688. The molecule has 0 atom stereocenters. The van der Waals surface area contributed by atoms with Crippen LogP contribution in [0.15, 0.2) is 0 Å². The van der Waals surface area contributed by atoms with Gasteiger partial charge in [0.15, 0.2) is 0 Å². The Balaban J connectivity index is 4.08. The van der Waals surface area contributed by atoms with Gasteiger partial charge in [0.05, 0.1) is 5.75 Å². The van der Waals surface area contributed by atoms with Crippen molar-refractivity contribution in [2.45, 2.75) is 44.8 Å². The zero-order valence-electron chi connectivity index (χ0n) is 9.25. The Kier molecular flexibility index (Phi) is 6.09. The maximum atomic E-state index is 10.7. The summed E-state index contributed by atoms with van der Waals surface area (Å²) in [6, 6.07) is 0. The van der Waals surface area contributed by atoms with Gasteiger partial charge in [0.1, 0.15) is 0 Å². The van der Waals surface area contributed by atoms with E-state index in [1.807, 2.05) is 0 Å². The fraction of sp³-hybridized carbons (Fsp3) is 1.00. The summed E-state index contributed by atoms with van der Waals surface area (Å²) in [6.45, 7) is 6.45. The molecule has 0 saturated carbocycles. The van der Waals surface area contributed by atoms with Crippen LogP contribution in [-0.2, 0) is 10.0 Å². The predicted molar refractivity (Wildman–Crippen MR) is 64.0 cm³/mol. The van der Waals surface area contributed by atoms with Crippen LogP contribution in [0.3, 0.4) is 0 Å². The highest BCUT2D eigenvalue weighted by atomic mass is 32.2. The molecule has 0 heterocycles. The number of hydrogen-bond acceptors (Lipinski definition) is 3. The SMILES string of the molecule is CCC(CC)(CC)SCCS(N)(=O)=O. The molecule has 3 nitrogen and oxygen atoms in total. The van der Waals surface area contributed by atoms with Gasteiger partial charge in [-0.05, 0) is 19.3 Å². The van der Waals surface area contributed by atoms with Gasteiger partial charge in [-0.15, -0.1) is 0 Å². The molecule has 0 rings (SSSR count). The number of nitrogens with two attached hydrogens (primary N) is 1. The van der Waals surface area contributed by atoms with E-state index in [0.29, 0.717) is 5.75 Å². The fourth-order valence-corrected chi connectivity index (χ4v) is 3.74. The lowest BCUT2D eigenvalue weighted by molar-refractivity contribution is 0.531. The predicted octanol–water partition coefficient (Wildman–Crippen LogP) is 1.98. The third-order valence-corrected chi connectivity index (χ3v) is 5.63. The van der Waals surface area contributed by atoms with Gasteiger partial charge in [-0.3, -0.25) is 0 Å². The van der Waals surface area contributed by atoms with Crippen LogP contribution < -0.4 is 5.14 Å². The van der Waals surface area contributed by atoms with E-state index >= 15 is 0 Å². The zero-order valence-corrected chi connectivity index (χ0v) is 10.9. The lowest BCUT2D eigenvalue weighted by Crippen LogP contribution is -2.25. The molecule has 0 aromatic carbocycles. The largest absolute Gasteiger partial charge is 0.229 e. The molecule has 0 bridgehead atoms. The Morgan fingerprint density at radius 3 is 1.86 bits per heavy atom.